The predicted molar refractivity (Wildman–Crippen MR) is 80.0 cm³/mol. The van der Waals surface area contributed by atoms with Crippen molar-refractivity contribution in [3.8, 4) is 6.07 Å². The molecule has 0 radical (unpaired) electrons. The average molecular weight is 298 g/mol. The van der Waals surface area contributed by atoms with E-state index in [-0.39, 0.29) is 0 Å². The number of nitriles is 1. The van der Waals surface area contributed by atoms with Crippen LogP contribution in [0.3, 0.4) is 0 Å². The van der Waals surface area contributed by atoms with Crippen LogP contribution in [0.1, 0.15) is 17.1 Å². The SMILES string of the molecule is N#Cc1cccc2c1nc(CCCl)n2Cc1ccncn1. The molecule has 0 spiro atoms. The maximum absolute atomic E-state index is 9.21. The van der Waals surface area contributed by atoms with Crippen molar-refractivity contribution in [1.29, 1.82) is 5.26 Å². The standard InChI is InChI=1S/C15H12ClN5/c16-6-4-14-20-15-11(8-17)2-1-3-13(15)21(14)9-12-5-7-18-10-19-12/h1-3,5,7,10H,4,6,9H2. The van der Waals surface area contributed by atoms with Gasteiger partial charge in [0.25, 0.3) is 0 Å². The van der Waals surface area contributed by atoms with Crippen molar-refractivity contribution >= 4 is 22.6 Å². The highest BCUT2D eigenvalue weighted by atomic mass is 35.5. The summed E-state index contributed by atoms with van der Waals surface area (Å²) < 4.78 is 2.06. The molecule has 21 heavy (non-hydrogen) atoms. The normalized spacial score (nSPS) is 10.7. The molecule has 2 aromatic heterocycles. The van der Waals surface area contributed by atoms with E-state index in [9.17, 15) is 5.26 Å². The second-order valence-corrected chi connectivity index (χ2v) is 4.92. The van der Waals surface area contributed by atoms with Gasteiger partial charge in [-0.15, -0.1) is 11.6 Å². The number of hydrogen-bond acceptors (Lipinski definition) is 4. The number of aryl methyl sites for hydroxylation is 1. The van der Waals surface area contributed by atoms with Gasteiger partial charge in [0.1, 0.15) is 23.7 Å². The van der Waals surface area contributed by atoms with E-state index >= 15 is 0 Å². The molecular formula is C15H12ClN5. The lowest BCUT2D eigenvalue weighted by Gasteiger charge is -2.07. The molecule has 0 aliphatic heterocycles. The van der Waals surface area contributed by atoms with E-state index in [4.69, 9.17) is 11.6 Å². The van der Waals surface area contributed by atoms with E-state index in [1.165, 1.54) is 6.33 Å². The largest absolute Gasteiger partial charge is 0.322 e. The third-order valence-electron chi connectivity index (χ3n) is 3.26. The van der Waals surface area contributed by atoms with Crippen molar-refractivity contribution in [2.45, 2.75) is 13.0 Å². The number of fused-ring (bicyclic) bond motifs is 1. The quantitative estimate of drug-likeness (QED) is 0.694. The zero-order valence-corrected chi connectivity index (χ0v) is 12.0. The molecule has 3 aromatic rings. The molecule has 5 nitrogen and oxygen atoms in total. The molecule has 104 valence electrons. The lowest BCUT2D eigenvalue weighted by Crippen LogP contribution is -2.07. The topological polar surface area (TPSA) is 67.4 Å². The van der Waals surface area contributed by atoms with Gasteiger partial charge in [-0.05, 0) is 18.2 Å². The van der Waals surface area contributed by atoms with Crippen LogP contribution in [-0.2, 0) is 13.0 Å². The minimum Gasteiger partial charge on any atom is -0.322 e. The van der Waals surface area contributed by atoms with Crippen LogP contribution < -0.4 is 0 Å². The molecule has 0 saturated heterocycles. The van der Waals surface area contributed by atoms with E-state index in [2.05, 4.69) is 25.6 Å². The second kappa shape index (κ2) is 5.90. The van der Waals surface area contributed by atoms with Gasteiger partial charge >= 0.3 is 0 Å². The summed E-state index contributed by atoms with van der Waals surface area (Å²) >= 11 is 5.87. The Balaban J connectivity index is 2.15. The number of nitrogens with zero attached hydrogens (tertiary/aromatic N) is 5. The van der Waals surface area contributed by atoms with Crippen LogP contribution in [0.15, 0.2) is 36.8 Å². The number of halogens is 1. The van der Waals surface area contributed by atoms with Gasteiger partial charge in [-0.25, -0.2) is 15.0 Å². The maximum Gasteiger partial charge on any atom is 0.115 e. The fourth-order valence-electron chi connectivity index (χ4n) is 2.31. The number of imidazole rings is 1. The van der Waals surface area contributed by atoms with Crippen molar-refractivity contribution in [1.82, 2.24) is 19.5 Å². The summed E-state index contributed by atoms with van der Waals surface area (Å²) in [6, 6.07) is 9.65. The van der Waals surface area contributed by atoms with Crippen LogP contribution in [0.2, 0.25) is 0 Å². The smallest absolute Gasteiger partial charge is 0.115 e. The average Bonchev–Trinajstić information content (AvgIpc) is 2.87. The lowest BCUT2D eigenvalue weighted by atomic mass is 10.2. The number of hydrogen-bond donors (Lipinski definition) is 0. The summed E-state index contributed by atoms with van der Waals surface area (Å²) in [7, 11) is 0. The minimum atomic E-state index is 0.481. The summed E-state index contributed by atoms with van der Waals surface area (Å²) in [5, 5.41) is 9.21. The number of alkyl halides is 1. The van der Waals surface area contributed by atoms with Gasteiger partial charge < -0.3 is 4.57 Å². The molecule has 6 heteroatoms. The molecule has 0 bridgehead atoms. The van der Waals surface area contributed by atoms with Crippen LogP contribution in [0.25, 0.3) is 11.0 Å². The van der Waals surface area contributed by atoms with Gasteiger partial charge in [0.2, 0.25) is 0 Å². The number of benzene rings is 1. The van der Waals surface area contributed by atoms with Gasteiger partial charge in [0, 0.05) is 18.5 Å². The molecular weight excluding hydrogens is 286 g/mol. The Kier molecular flexibility index (Phi) is 3.80. The summed E-state index contributed by atoms with van der Waals surface area (Å²) in [6.07, 6.45) is 3.88. The summed E-state index contributed by atoms with van der Waals surface area (Å²) in [6.45, 7) is 0.583. The second-order valence-electron chi connectivity index (χ2n) is 4.54. The molecule has 1 aromatic carbocycles. The van der Waals surface area contributed by atoms with Crippen molar-refractivity contribution < 1.29 is 0 Å². The molecule has 0 atom stereocenters. The predicted octanol–water partition coefficient (Wildman–Crippen LogP) is 2.53. The van der Waals surface area contributed by atoms with Gasteiger partial charge in [0.15, 0.2) is 0 Å². The fourth-order valence-corrected chi connectivity index (χ4v) is 2.48. The third kappa shape index (κ3) is 2.58. The van der Waals surface area contributed by atoms with Crippen LogP contribution >= 0.6 is 11.6 Å². The van der Waals surface area contributed by atoms with Crippen molar-refractivity contribution in [3.63, 3.8) is 0 Å². The number of aromatic nitrogens is 4. The number of rotatable bonds is 4. The first-order valence-electron chi connectivity index (χ1n) is 6.52. The first-order chi connectivity index (χ1) is 10.3. The van der Waals surface area contributed by atoms with Crippen molar-refractivity contribution in [2.75, 3.05) is 5.88 Å². The zero-order chi connectivity index (χ0) is 14.7. The highest BCUT2D eigenvalue weighted by Gasteiger charge is 2.13. The van der Waals surface area contributed by atoms with E-state index in [0.717, 1.165) is 17.0 Å². The molecule has 0 unspecified atom stereocenters. The van der Waals surface area contributed by atoms with Crippen LogP contribution in [0, 0.1) is 11.3 Å². The first-order valence-corrected chi connectivity index (χ1v) is 7.06. The first kappa shape index (κ1) is 13.5. The van der Waals surface area contributed by atoms with Gasteiger partial charge in [0.05, 0.1) is 23.3 Å². The molecule has 3 rings (SSSR count). The Bertz CT molecular complexity index is 804. The van der Waals surface area contributed by atoms with E-state index in [1.54, 1.807) is 12.3 Å². The highest BCUT2D eigenvalue weighted by molar-refractivity contribution is 6.17. The molecule has 2 heterocycles. The van der Waals surface area contributed by atoms with Crippen molar-refractivity contribution in [2.24, 2.45) is 0 Å². The molecule has 0 amide bonds. The fraction of sp³-hybridized carbons (Fsp3) is 0.200. The van der Waals surface area contributed by atoms with E-state index in [1.807, 2.05) is 18.2 Å². The monoisotopic (exact) mass is 297 g/mol. The highest BCUT2D eigenvalue weighted by Crippen LogP contribution is 2.21. The molecule has 0 saturated carbocycles. The third-order valence-corrected chi connectivity index (χ3v) is 3.45. The van der Waals surface area contributed by atoms with Gasteiger partial charge in [-0.1, -0.05) is 6.07 Å². The Hall–Kier alpha value is -2.45. The molecule has 0 fully saturated rings. The lowest BCUT2D eigenvalue weighted by molar-refractivity contribution is 0.735. The summed E-state index contributed by atoms with van der Waals surface area (Å²) in [5.74, 6) is 1.34. The van der Waals surface area contributed by atoms with Crippen molar-refractivity contribution in [3.05, 3.63) is 53.9 Å². The zero-order valence-electron chi connectivity index (χ0n) is 11.2. The van der Waals surface area contributed by atoms with Crippen LogP contribution in [0.5, 0.6) is 0 Å². The Morgan fingerprint density at radius 2 is 2.19 bits per heavy atom. The van der Waals surface area contributed by atoms with Gasteiger partial charge in [-0.3, -0.25) is 0 Å². The van der Waals surface area contributed by atoms with E-state index in [0.29, 0.717) is 29.9 Å². The van der Waals surface area contributed by atoms with Crippen LogP contribution in [-0.4, -0.2) is 25.4 Å². The van der Waals surface area contributed by atoms with Gasteiger partial charge in [-0.2, -0.15) is 5.26 Å². The Morgan fingerprint density at radius 1 is 1.29 bits per heavy atom. The minimum absolute atomic E-state index is 0.481. The maximum atomic E-state index is 9.21. The molecule has 0 N–H and O–H groups in total. The Labute approximate surface area is 126 Å². The summed E-state index contributed by atoms with van der Waals surface area (Å²) in [4.78, 5) is 12.8. The molecule has 0 aliphatic rings. The Morgan fingerprint density at radius 3 is 2.90 bits per heavy atom. The summed E-state index contributed by atoms with van der Waals surface area (Å²) in [5.41, 5.74) is 3.11. The molecule has 0 aliphatic carbocycles. The van der Waals surface area contributed by atoms with Crippen LogP contribution in [0.4, 0.5) is 0 Å². The number of para-hydroxylation sites is 1. The van der Waals surface area contributed by atoms with E-state index < -0.39 is 0 Å².